The smallest absolute Gasteiger partial charge is 0.321 e. The summed E-state index contributed by atoms with van der Waals surface area (Å²) in [5.74, 6) is -0.351. The van der Waals surface area contributed by atoms with Crippen molar-refractivity contribution >= 4 is 5.78 Å². The van der Waals surface area contributed by atoms with Gasteiger partial charge in [0.2, 0.25) is 0 Å². The Labute approximate surface area is 104 Å². The molecule has 1 rings (SSSR count). The molecule has 18 heavy (non-hydrogen) atoms. The fourth-order valence-corrected chi connectivity index (χ4v) is 1.40. The quantitative estimate of drug-likeness (QED) is 0.828. The van der Waals surface area contributed by atoms with E-state index in [0.29, 0.717) is 0 Å². The van der Waals surface area contributed by atoms with Crippen LogP contribution in [0.15, 0.2) is 24.3 Å². The Morgan fingerprint density at radius 3 is 1.89 bits per heavy atom. The third-order valence-electron chi connectivity index (χ3n) is 2.71. The number of carbonyl (C=O) groups excluding carboxylic acids is 1. The lowest BCUT2D eigenvalue weighted by Crippen LogP contribution is -2.42. The highest BCUT2D eigenvalue weighted by Crippen LogP contribution is 2.29. The first-order valence-corrected chi connectivity index (χ1v) is 5.50. The Morgan fingerprint density at radius 1 is 1.11 bits per heavy atom. The first-order valence-electron chi connectivity index (χ1n) is 5.50. The summed E-state index contributed by atoms with van der Waals surface area (Å²) in [6, 6.07) is 3.37. The van der Waals surface area contributed by atoms with Crippen molar-refractivity contribution in [1.29, 1.82) is 0 Å². The van der Waals surface area contributed by atoms with Crippen molar-refractivity contribution in [3.8, 4) is 0 Å². The van der Waals surface area contributed by atoms with Gasteiger partial charge < -0.3 is 5.73 Å². The molecule has 0 aliphatic rings. The Hall–Kier alpha value is -1.36. The number of alkyl halides is 3. The second-order valence-electron chi connectivity index (χ2n) is 5.28. The molecule has 1 unspecified atom stereocenters. The van der Waals surface area contributed by atoms with Gasteiger partial charge in [0.05, 0.1) is 11.6 Å². The molecule has 0 aromatic heterocycles. The molecule has 100 valence electrons. The number of halogens is 3. The van der Waals surface area contributed by atoms with Crippen molar-refractivity contribution in [3.63, 3.8) is 0 Å². The number of hydrogen-bond acceptors (Lipinski definition) is 2. The normalized spacial score (nSPS) is 14.4. The molecule has 0 saturated carbocycles. The van der Waals surface area contributed by atoms with Crippen LogP contribution in [0.1, 0.15) is 36.7 Å². The molecule has 0 aliphatic heterocycles. The van der Waals surface area contributed by atoms with E-state index >= 15 is 0 Å². The lowest BCUT2D eigenvalue weighted by molar-refractivity contribution is -0.137. The summed E-state index contributed by atoms with van der Waals surface area (Å²) in [5, 5.41) is 0. The first kappa shape index (κ1) is 14.7. The fraction of sp³-hybridized carbons (Fsp3) is 0.462. The predicted octanol–water partition coefficient (Wildman–Crippen LogP) is 3.26. The monoisotopic (exact) mass is 259 g/mol. The Kier molecular flexibility index (Phi) is 3.86. The second-order valence-corrected chi connectivity index (χ2v) is 5.28. The molecule has 0 spiro atoms. The van der Waals surface area contributed by atoms with Gasteiger partial charge in [0, 0.05) is 5.56 Å². The van der Waals surface area contributed by atoms with Gasteiger partial charge in [-0.05, 0) is 17.5 Å². The van der Waals surface area contributed by atoms with E-state index < -0.39 is 23.2 Å². The lowest BCUT2D eigenvalue weighted by Gasteiger charge is -2.25. The van der Waals surface area contributed by atoms with Crippen LogP contribution in [0.3, 0.4) is 0 Å². The van der Waals surface area contributed by atoms with Gasteiger partial charge >= 0.3 is 6.18 Å². The van der Waals surface area contributed by atoms with Gasteiger partial charge in [0.1, 0.15) is 0 Å². The van der Waals surface area contributed by atoms with Crippen molar-refractivity contribution in [1.82, 2.24) is 0 Å². The maximum atomic E-state index is 12.4. The topological polar surface area (TPSA) is 43.1 Å². The zero-order valence-electron chi connectivity index (χ0n) is 10.5. The van der Waals surface area contributed by atoms with Gasteiger partial charge in [-0.1, -0.05) is 32.9 Å². The van der Waals surface area contributed by atoms with Crippen LogP contribution in [0.25, 0.3) is 0 Å². The highest BCUT2D eigenvalue weighted by Gasteiger charge is 2.31. The van der Waals surface area contributed by atoms with E-state index in [0.717, 1.165) is 24.3 Å². The molecule has 1 atom stereocenters. The predicted molar refractivity (Wildman–Crippen MR) is 63.2 cm³/mol. The average molecular weight is 259 g/mol. The zero-order chi connectivity index (χ0) is 14.1. The molecule has 0 aliphatic carbocycles. The van der Waals surface area contributed by atoms with Gasteiger partial charge in [0.15, 0.2) is 5.78 Å². The van der Waals surface area contributed by atoms with Crippen LogP contribution in [-0.2, 0) is 6.18 Å². The van der Waals surface area contributed by atoms with Crippen molar-refractivity contribution in [2.24, 2.45) is 11.1 Å². The summed E-state index contributed by atoms with van der Waals surface area (Å²) >= 11 is 0. The van der Waals surface area contributed by atoms with Crippen LogP contribution >= 0.6 is 0 Å². The molecule has 2 nitrogen and oxygen atoms in total. The van der Waals surface area contributed by atoms with E-state index in [1.54, 1.807) is 20.8 Å². The number of ketones is 1. The second kappa shape index (κ2) is 4.72. The van der Waals surface area contributed by atoms with Crippen LogP contribution in [-0.4, -0.2) is 11.8 Å². The fourth-order valence-electron chi connectivity index (χ4n) is 1.40. The maximum Gasteiger partial charge on any atom is 0.416 e. The van der Waals surface area contributed by atoms with Crippen molar-refractivity contribution in [2.75, 3.05) is 0 Å². The van der Waals surface area contributed by atoms with Crippen molar-refractivity contribution in [2.45, 2.75) is 33.0 Å². The van der Waals surface area contributed by atoms with E-state index in [4.69, 9.17) is 5.73 Å². The standard InChI is InChI=1S/C13H16F3NO/c1-12(2,3)11(17)10(18)8-4-6-9(7-5-8)13(14,15)16/h4-7,11H,17H2,1-3H3. The van der Waals surface area contributed by atoms with E-state index in [1.165, 1.54) is 0 Å². The van der Waals surface area contributed by atoms with Gasteiger partial charge in [-0.3, -0.25) is 4.79 Å². The van der Waals surface area contributed by atoms with Gasteiger partial charge in [-0.15, -0.1) is 0 Å². The van der Waals surface area contributed by atoms with E-state index in [9.17, 15) is 18.0 Å². The lowest BCUT2D eigenvalue weighted by atomic mass is 9.83. The van der Waals surface area contributed by atoms with E-state index in [1.807, 2.05) is 0 Å². The van der Waals surface area contributed by atoms with Crippen LogP contribution in [0.5, 0.6) is 0 Å². The van der Waals surface area contributed by atoms with Gasteiger partial charge in [0.25, 0.3) is 0 Å². The van der Waals surface area contributed by atoms with Crippen LogP contribution in [0.4, 0.5) is 13.2 Å². The van der Waals surface area contributed by atoms with Crippen molar-refractivity contribution < 1.29 is 18.0 Å². The van der Waals surface area contributed by atoms with Gasteiger partial charge in [-0.25, -0.2) is 0 Å². The highest BCUT2D eigenvalue weighted by atomic mass is 19.4. The average Bonchev–Trinajstić information content (AvgIpc) is 2.25. The molecule has 1 aromatic carbocycles. The minimum atomic E-state index is -4.40. The molecule has 0 amide bonds. The number of Topliss-reactive ketones (excluding diaryl/α,β-unsaturated/α-hetero) is 1. The summed E-state index contributed by atoms with van der Waals surface area (Å²) in [6.45, 7) is 5.42. The maximum absolute atomic E-state index is 12.4. The van der Waals surface area contributed by atoms with Gasteiger partial charge in [-0.2, -0.15) is 13.2 Å². The zero-order valence-corrected chi connectivity index (χ0v) is 10.5. The molecule has 0 bridgehead atoms. The molecule has 0 radical (unpaired) electrons. The third kappa shape index (κ3) is 3.32. The summed E-state index contributed by atoms with van der Waals surface area (Å²) < 4.78 is 37.1. The first-order chi connectivity index (χ1) is 8.03. The van der Waals surface area contributed by atoms with E-state index in [-0.39, 0.29) is 11.3 Å². The third-order valence-corrected chi connectivity index (χ3v) is 2.71. The SMILES string of the molecule is CC(C)(C)C(N)C(=O)c1ccc(C(F)(F)F)cc1. The Morgan fingerprint density at radius 2 is 1.56 bits per heavy atom. The Balaban J connectivity index is 2.96. The molecule has 0 fully saturated rings. The molecular formula is C13H16F3NO. The summed E-state index contributed by atoms with van der Waals surface area (Å²) in [4.78, 5) is 11.9. The molecule has 1 aromatic rings. The molecule has 5 heteroatoms. The number of carbonyl (C=O) groups is 1. The summed E-state index contributed by atoms with van der Waals surface area (Å²) in [6.07, 6.45) is -4.40. The van der Waals surface area contributed by atoms with Crippen LogP contribution < -0.4 is 5.73 Å². The minimum absolute atomic E-state index is 0.199. The number of nitrogens with two attached hydrogens (primary N) is 1. The van der Waals surface area contributed by atoms with Crippen LogP contribution in [0, 0.1) is 5.41 Å². The summed E-state index contributed by atoms with van der Waals surface area (Å²) in [5.41, 5.74) is 4.77. The molecule has 2 N–H and O–H groups in total. The number of rotatable bonds is 2. The largest absolute Gasteiger partial charge is 0.416 e. The molecule has 0 heterocycles. The van der Waals surface area contributed by atoms with Crippen LogP contribution in [0.2, 0.25) is 0 Å². The summed E-state index contributed by atoms with van der Waals surface area (Å²) in [7, 11) is 0. The molecule has 0 saturated heterocycles. The molecular weight excluding hydrogens is 243 g/mol. The highest BCUT2D eigenvalue weighted by molar-refractivity contribution is 6.00. The Bertz CT molecular complexity index is 429. The van der Waals surface area contributed by atoms with Crippen molar-refractivity contribution in [3.05, 3.63) is 35.4 Å². The number of benzene rings is 1. The number of hydrogen-bond donors (Lipinski definition) is 1. The minimum Gasteiger partial charge on any atom is -0.321 e. The van der Waals surface area contributed by atoms with E-state index in [2.05, 4.69) is 0 Å².